The molecule has 1 saturated carbocycles. The molecule has 17 heavy (non-hydrogen) atoms. The molecule has 90 valence electrons. The molecule has 0 amide bonds. The van der Waals surface area contributed by atoms with E-state index in [9.17, 15) is 4.39 Å². The average Bonchev–Trinajstić information content (AvgIpc) is 2.66. The van der Waals surface area contributed by atoms with Crippen LogP contribution in [0.4, 0.5) is 4.39 Å². The number of hydrogen-bond acceptors (Lipinski definition) is 0. The maximum Gasteiger partial charge on any atom is 0.107 e. The van der Waals surface area contributed by atoms with Crippen LogP contribution in [0.5, 0.6) is 0 Å². The monoisotopic (exact) mass is 295 g/mol. The third kappa shape index (κ3) is 1.90. The highest BCUT2D eigenvalue weighted by Gasteiger charge is 2.29. The van der Waals surface area contributed by atoms with Crippen molar-refractivity contribution in [3.63, 3.8) is 0 Å². The van der Waals surface area contributed by atoms with Crippen molar-refractivity contribution < 1.29 is 4.39 Å². The van der Waals surface area contributed by atoms with Gasteiger partial charge in [-0.15, -0.1) is 0 Å². The molecule has 3 rings (SSSR count). The Morgan fingerprint density at radius 3 is 2.76 bits per heavy atom. The summed E-state index contributed by atoms with van der Waals surface area (Å²) >= 11 is 3.55. The Balaban J connectivity index is 2.12. The van der Waals surface area contributed by atoms with Gasteiger partial charge >= 0.3 is 0 Å². The van der Waals surface area contributed by atoms with Crippen LogP contribution < -0.4 is 0 Å². The molecule has 1 N–H and O–H groups in total. The molecule has 0 saturated heterocycles. The number of nitrogens with one attached hydrogen (secondary N) is 1. The fraction of sp³-hybridized carbons (Fsp3) is 0.429. The first kappa shape index (κ1) is 11.3. The maximum absolute atomic E-state index is 14.1. The lowest BCUT2D eigenvalue weighted by Gasteiger charge is -2.26. The highest BCUT2D eigenvalue weighted by atomic mass is 79.9. The summed E-state index contributed by atoms with van der Waals surface area (Å²) in [6, 6.07) is 8.14. The molecular weight excluding hydrogens is 281 g/mol. The predicted molar refractivity (Wildman–Crippen MR) is 72.1 cm³/mol. The van der Waals surface area contributed by atoms with Gasteiger partial charge in [-0.3, -0.25) is 0 Å². The van der Waals surface area contributed by atoms with Crippen LogP contribution in [0.2, 0.25) is 0 Å². The van der Waals surface area contributed by atoms with Crippen molar-refractivity contribution in [2.24, 2.45) is 0 Å². The molecule has 1 aromatic carbocycles. The third-order valence-electron chi connectivity index (χ3n) is 3.75. The summed E-state index contributed by atoms with van der Waals surface area (Å²) in [6.07, 6.45) is 3.13. The van der Waals surface area contributed by atoms with Gasteiger partial charge in [-0.05, 0) is 40.4 Å². The van der Waals surface area contributed by atoms with Gasteiger partial charge in [0.25, 0.3) is 0 Å². The number of benzene rings is 1. The zero-order chi connectivity index (χ0) is 11.8. The van der Waals surface area contributed by atoms with E-state index in [-0.39, 0.29) is 5.92 Å². The zero-order valence-electron chi connectivity index (χ0n) is 9.55. The first-order chi connectivity index (χ1) is 8.27. The number of aromatic nitrogens is 1. The van der Waals surface area contributed by atoms with Crippen LogP contribution in [0.25, 0.3) is 10.9 Å². The fourth-order valence-electron chi connectivity index (χ4n) is 2.90. The molecule has 1 aromatic heterocycles. The second-order valence-corrected chi connectivity index (χ2v) is 5.60. The topological polar surface area (TPSA) is 15.8 Å². The van der Waals surface area contributed by atoms with Crippen molar-refractivity contribution in [1.29, 1.82) is 0 Å². The van der Waals surface area contributed by atoms with E-state index in [0.29, 0.717) is 6.42 Å². The molecule has 1 heterocycles. The van der Waals surface area contributed by atoms with E-state index in [1.54, 1.807) is 0 Å². The number of halogens is 2. The van der Waals surface area contributed by atoms with E-state index in [2.05, 4.69) is 27.0 Å². The minimum absolute atomic E-state index is 0.0503. The number of hydrogen-bond donors (Lipinski definition) is 1. The molecule has 0 spiro atoms. The minimum atomic E-state index is -0.695. The lowest BCUT2D eigenvalue weighted by atomic mass is 9.82. The second-order valence-electron chi connectivity index (χ2n) is 4.81. The molecular formula is C14H15BrFN. The Labute approximate surface area is 109 Å². The number of aromatic amines is 1. The van der Waals surface area contributed by atoms with Crippen molar-refractivity contribution in [2.45, 2.75) is 37.8 Å². The fourth-order valence-corrected chi connectivity index (χ4v) is 3.63. The van der Waals surface area contributed by atoms with Gasteiger partial charge in [0.05, 0.1) is 4.60 Å². The van der Waals surface area contributed by atoms with Crippen LogP contribution in [0.3, 0.4) is 0 Å². The molecule has 1 nitrogen and oxygen atoms in total. The third-order valence-corrected chi connectivity index (χ3v) is 4.38. The molecule has 1 aliphatic rings. The van der Waals surface area contributed by atoms with E-state index in [1.165, 1.54) is 0 Å². The average molecular weight is 296 g/mol. The number of alkyl halides is 1. The van der Waals surface area contributed by atoms with Gasteiger partial charge in [0.2, 0.25) is 0 Å². The molecule has 1 fully saturated rings. The summed E-state index contributed by atoms with van der Waals surface area (Å²) in [6.45, 7) is 0. The smallest absolute Gasteiger partial charge is 0.107 e. The molecule has 0 aliphatic heterocycles. The van der Waals surface area contributed by atoms with Crippen LogP contribution in [0.1, 0.15) is 37.2 Å². The zero-order valence-corrected chi connectivity index (χ0v) is 11.1. The van der Waals surface area contributed by atoms with Gasteiger partial charge in [0, 0.05) is 16.8 Å². The van der Waals surface area contributed by atoms with Crippen molar-refractivity contribution >= 4 is 26.8 Å². The number of para-hydroxylation sites is 1. The van der Waals surface area contributed by atoms with E-state index in [0.717, 1.165) is 40.3 Å². The van der Waals surface area contributed by atoms with Crippen LogP contribution >= 0.6 is 15.9 Å². The van der Waals surface area contributed by atoms with E-state index >= 15 is 0 Å². The van der Waals surface area contributed by atoms with Crippen molar-refractivity contribution in [2.75, 3.05) is 0 Å². The SMILES string of the molecule is FC1CCCCC1c1c(Br)[nH]c2ccccc12. The summed E-state index contributed by atoms with van der Waals surface area (Å²) < 4.78 is 15.0. The molecule has 1 aliphatic carbocycles. The number of rotatable bonds is 1. The molecule has 3 heteroatoms. The molecule has 0 radical (unpaired) electrons. The van der Waals surface area contributed by atoms with Gasteiger partial charge in [0.1, 0.15) is 6.17 Å². The number of fused-ring (bicyclic) bond motifs is 1. The minimum Gasteiger partial charge on any atom is -0.349 e. The van der Waals surface area contributed by atoms with Crippen LogP contribution in [0, 0.1) is 0 Å². The summed E-state index contributed by atoms with van der Waals surface area (Å²) in [5.41, 5.74) is 2.22. The largest absolute Gasteiger partial charge is 0.349 e. The Kier molecular flexibility index (Phi) is 2.95. The Morgan fingerprint density at radius 1 is 1.18 bits per heavy atom. The van der Waals surface area contributed by atoms with Crippen LogP contribution in [-0.2, 0) is 0 Å². The van der Waals surface area contributed by atoms with Crippen molar-refractivity contribution in [3.05, 3.63) is 34.4 Å². The first-order valence-electron chi connectivity index (χ1n) is 6.17. The Hall–Kier alpha value is -0.830. The summed E-state index contributed by atoms with van der Waals surface area (Å²) in [5.74, 6) is 0.0503. The normalized spacial score (nSPS) is 25.3. The summed E-state index contributed by atoms with van der Waals surface area (Å²) in [5, 5.41) is 1.16. The van der Waals surface area contributed by atoms with Gasteiger partial charge in [-0.25, -0.2) is 4.39 Å². The maximum atomic E-state index is 14.1. The van der Waals surface area contributed by atoms with Gasteiger partial charge in [-0.2, -0.15) is 0 Å². The Bertz CT molecular complexity index is 534. The molecule has 2 atom stereocenters. The molecule has 0 bridgehead atoms. The highest BCUT2D eigenvalue weighted by Crippen LogP contribution is 2.41. The van der Waals surface area contributed by atoms with Gasteiger partial charge in [0.15, 0.2) is 0 Å². The quantitative estimate of drug-likeness (QED) is 0.768. The van der Waals surface area contributed by atoms with Crippen molar-refractivity contribution in [3.8, 4) is 0 Å². The predicted octanol–water partition coefficient (Wildman–Crippen LogP) is 4.93. The molecule has 2 unspecified atom stereocenters. The van der Waals surface area contributed by atoms with Crippen molar-refractivity contribution in [1.82, 2.24) is 4.98 Å². The summed E-state index contributed by atoms with van der Waals surface area (Å²) in [7, 11) is 0. The standard InChI is InChI=1S/C14H15BrFN/c15-14-13(9-5-1-3-7-11(9)16)10-6-2-4-8-12(10)17-14/h2,4,6,8-9,11,17H,1,3,5,7H2. The number of H-pyrrole nitrogens is 1. The van der Waals surface area contributed by atoms with Crippen LogP contribution in [0.15, 0.2) is 28.9 Å². The van der Waals surface area contributed by atoms with Gasteiger partial charge in [-0.1, -0.05) is 31.0 Å². The van der Waals surface area contributed by atoms with E-state index in [1.807, 2.05) is 18.2 Å². The Morgan fingerprint density at radius 2 is 1.94 bits per heavy atom. The van der Waals surface area contributed by atoms with E-state index in [4.69, 9.17) is 0 Å². The lowest BCUT2D eigenvalue weighted by molar-refractivity contribution is 0.217. The van der Waals surface area contributed by atoms with Gasteiger partial charge < -0.3 is 4.98 Å². The highest BCUT2D eigenvalue weighted by molar-refractivity contribution is 9.10. The van der Waals surface area contributed by atoms with Crippen LogP contribution in [-0.4, -0.2) is 11.2 Å². The summed E-state index contributed by atoms with van der Waals surface area (Å²) in [4.78, 5) is 3.29. The first-order valence-corrected chi connectivity index (χ1v) is 6.97. The van der Waals surface area contributed by atoms with E-state index < -0.39 is 6.17 Å². The lowest BCUT2D eigenvalue weighted by Crippen LogP contribution is -2.18. The molecule has 2 aromatic rings. The second kappa shape index (κ2) is 4.45.